The quantitative estimate of drug-likeness (QED) is 0.430. The van der Waals surface area contributed by atoms with Crippen LogP contribution in [0.3, 0.4) is 0 Å². The molecular formula is C21H14Cl2N2OS. The molecular weight excluding hydrogens is 399 g/mol. The zero-order chi connectivity index (χ0) is 18.8. The Morgan fingerprint density at radius 2 is 1.78 bits per heavy atom. The van der Waals surface area contributed by atoms with E-state index in [9.17, 15) is 5.11 Å². The topological polar surface area (TPSA) is 46.0 Å². The van der Waals surface area contributed by atoms with Crippen LogP contribution in [0.15, 0.2) is 73.1 Å². The summed E-state index contributed by atoms with van der Waals surface area (Å²) in [5, 5.41) is 12.2. The Kier molecular flexibility index (Phi) is 5.23. The van der Waals surface area contributed by atoms with Gasteiger partial charge in [0.05, 0.1) is 15.6 Å². The molecule has 0 bridgehead atoms. The molecule has 3 nitrogen and oxygen atoms in total. The first kappa shape index (κ1) is 18.1. The van der Waals surface area contributed by atoms with Crippen LogP contribution in [0.4, 0.5) is 0 Å². The normalized spacial score (nSPS) is 12.1. The number of rotatable bonds is 4. The van der Waals surface area contributed by atoms with Crippen LogP contribution in [-0.4, -0.2) is 14.5 Å². The fraction of sp³-hybridized carbons (Fsp3) is 0.0476. The Balaban J connectivity index is 1.93. The van der Waals surface area contributed by atoms with Crippen molar-refractivity contribution in [2.24, 2.45) is 0 Å². The van der Waals surface area contributed by atoms with Gasteiger partial charge in [0.15, 0.2) is 0 Å². The molecule has 2 heterocycles. The number of pyridine rings is 1. The van der Waals surface area contributed by atoms with E-state index in [2.05, 4.69) is 9.36 Å². The van der Waals surface area contributed by atoms with Gasteiger partial charge >= 0.3 is 0 Å². The van der Waals surface area contributed by atoms with Crippen LogP contribution in [-0.2, 0) is 0 Å². The van der Waals surface area contributed by atoms with Crippen LogP contribution >= 0.6 is 34.7 Å². The van der Waals surface area contributed by atoms with Crippen LogP contribution in [0.5, 0.6) is 0 Å². The summed E-state index contributed by atoms with van der Waals surface area (Å²) in [7, 11) is 0. The van der Waals surface area contributed by atoms with Gasteiger partial charge in [-0.05, 0) is 41.4 Å². The smallest absolute Gasteiger partial charge is 0.109 e. The van der Waals surface area contributed by atoms with E-state index in [0.717, 1.165) is 16.0 Å². The van der Waals surface area contributed by atoms with Crippen LogP contribution in [0.1, 0.15) is 17.2 Å². The number of aliphatic hydroxyl groups excluding tert-OH is 1. The van der Waals surface area contributed by atoms with Crippen molar-refractivity contribution >= 4 is 34.7 Å². The molecule has 2 aromatic heterocycles. The van der Waals surface area contributed by atoms with Crippen molar-refractivity contribution in [3.05, 3.63) is 94.2 Å². The first-order valence-corrected chi connectivity index (χ1v) is 9.76. The second kappa shape index (κ2) is 7.79. The molecule has 0 aliphatic carbocycles. The number of hydrogen-bond donors (Lipinski definition) is 1. The summed E-state index contributed by atoms with van der Waals surface area (Å²) < 4.78 is 4.63. The number of hydrogen-bond acceptors (Lipinski definition) is 4. The van der Waals surface area contributed by atoms with Gasteiger partial charge in [-0.15, -0.1) is 0 Å². The molecule has 4 rings (SSSR count). The average molecular weight is 413 g/mol. The number of aromatic nitrogens is 2. The van der Waals surface area contributed by atoms with E-state index < -0.39 is 6.10 Å². The highest BCUT2D eigenvalue weighted by molar-refractivity contribution is 7.10. The molecule has 0 aliphatic heterocycles. The second-order valence-electron chi connectivity index (χ2n) is 5.95. The predicted octanol–water partition coefficient (Wildman–Crippen LogP) is 6.26. The maximum absolute atomic E-state index is 11.2. The summed E-state index contributed by atoms with van der Waals surface area (Å²) >= 11 is 13.8. The summed E-state index contributed by atoms with van der Waals surface area (Å²) in [6.45, 7) is 0. The zero-order valence-electron chi connectivity index (χ0n) is 14.0. The molecule has 0 saturated heterocycles. The number of nitrogens with zero attached hydrogens (tertiary/aromatic N) is 2. The minimum Gasteiger partial charge on any atom is -0.383 e. The van der Waals surface area contributed by atoms with Crippen LogP contribution in [0.2, 0.25) is 10.0 Å². The number of halogens is 2. The SMILES string of the molecule is OC(c1cccnc1)c1c(-c2ccc(Cl)cc2Cl)nsc1-c1ccccc1. The predicted molar refractivity (Wildman–Crippen MR) is 111 cm³/mol. The van der Waals surface area contributed by atoms with Crippen molar-refractivity contribution in [3.63, 3.8) is 0 Å². The minimum absolute atomic E-state index is 0.493. The van der Waals surface area contributed by atoms with E-state index in [4.69, 9.17) is 23.2 Å². The molecule has 0 amide bonds. The first-order chi connectivity index (χ1) is 13.1. The largest absolute Gasteiger partial charge is 0.383 e. The highest BCUT2D eigenvalue weighted by Gasteiger charge is 2.25. The summed E-state index contributed by atoms with van der Waals surface area (Å²) in [6.07, 6.45) is 2.45. The Bertz CT molecular complexity index is 1070. The Hall–Kier alpha value is -2.24. The molecule has 1 unspecified atom stereocenters. The fourth-order valence-electron chi connectivity index (χ4n) is 2.93. The van der Waals surface area contributed by atoms with Crippen molar-refractivity contribution in [1.82, 2.24) is 9.36 Å². The minimum atomic E-state index is -0.880. The highest BCUT2D eigenvalue weighted by atomic mass is 35.5. The third kappa shape index (κ3) is 3.62. The van der Waals surface area contributed by atoms with Gasteiger partial charge in [-0.25, -0.2) is 0 Å². The molecule has 0 fully saturated rings. The molecule has 27 heavy (non-hydrogen) atoms. The Labute approximate surface area is 171 Å². The lowest BCUT2D eigenvalue weighted by atomic mass is 9.95. The number of aliphatic hydroxyl groups is 1. The summed E-state index contributed by atoms with van der Waals surface area (Å²) in [5.41, 5.74) is 3.78. The Morgan fingerprint density at radius 3 is 2.48 bits per heavy atom. The van der Waals surface area contributed by atoms with E-state index in [1.807, 2.05) is 42.5 Å². The van der Waals surface area contributed by atoms with Crippen molar-refractivity contribution in [3.8, 4) is 21.7 Å². The van der Waals surface area contributed by atoms with Gasteiger partial charge in [0.25, 0.3) is 0 Å². The zero-order valence-corrected chi connectivity index (χ0v) is 16.3. The van der Waals surface area contributed by atoms with Gasteiger partial charge in [0.2, 0.25) is 0 Å². The molecule has 1 N–H and O–H groups in total. The van der Waals surface area contributed by atoms with Crippen LogP contribution in [0, 0.1) is 0 Å². The molecule has 4 aromatic rings. The first-order valence-electron chi connectivity index (χ1n) is 8.23. The number of benzene rings is 2. The fourth-order valence-corrected chi connectivity index (χ4v) is 4.35. The summed E-state index contributed by atoms with van der Waals surface area (Å²) in [4.78, 5) is 5.03. The van der Waals surface area contributed by atoms with E-state index in [1.54, 1.807) is 30.6 Å². The highest BCUT2D eigenvalue weighted by Crippen LogP contribution is 2.43. The lowest BCUT2D eigenvalue weighted by Gasteiger charge is -2.14. The molecule has 0 spiro atoms. The maximum Gasteiger partial charge on any atom is 0.109 e. The van der Waals surface area contributed by atoms with Gasteiger partial charge in [-0.1, -0.05) is 59.6 Å². The van der Waals surface area contributed by atoms with E-state index in [1.165, 1.54) is 11.5 Å². The van der Waals surface area contributed by atoms with Crippen molar-refractivity contribution in [2.75, 3.05) is 0 Å². The third-order valence-corrected chi connectivity index (χ3v) is 5.68. The van der Waals surface area contributed by atoms with Gasteiger partial charge in [-0.2, -0.15) is 4.37 Å². The van der Waals surface area contributed by atoms with Gasteiger partial charge in [0, 0.05) is 34.1 Å². The monoisotopic (exact) mass is 412 g/mol. The molecule has 134 valence electrons. The van der Waals surface area contributed by atoms with Gasteiger partial charge in [0.1, 0.15) is 6.10 Å². The van der Waals surface area contributed by atoms with E-state index >= 15 is 0 Å². The summed E-state index contributed by atoms with van der Waals surface area (Å²) in [6, 6.07) is 18.8. The second-order valence-corrected chi connectivity index (χ2v) is 7.57. The molecule has 0 aliphatic rings. The molecule has 2 aromatic carbocycles. The maximum atomic E-state index is 11.2. The average Bonchev–Trinajstić information content (AvgIpc) is 3.13. The van der Waals surface area contributed by atoms with Crippen molar-refractivity contribution in [1.29, 1.82) is 0 Å². The van der Waals surface area contributed by atoms with Crippen molar-refractivity contribution < 1.29 is 5.11 Å². The molecule has 1 atom stereocenters. The van der Waals surface area contributed by atoms with E-state index in [0.29, 0.717) is 26.9 Å². The van der Waals surface area contributed by atoms with Gasteiger partial charge in [-0.3, -0.25) is 4.98 Å². The van der Waals surface area contributed by atoms with Crippen LogP contribution < -0.4 is 0 Å². The standard InChI is InChI=1S/C21H14Cl2N2OS/c22-15-8-9-16(17(23)11-15)19-18(20(26)14-7-4-10-24-12-14)21(27-25-19)13-5-2-1-3-6-13/h1-12,20,26H. The van der Waals surface area contributed by atoms with Crippen molar-refractivity contribution in [2.45, 2.75) is 6.10 Å². The molecule has 6 heteroatoms. The third-order valence-electron chi connectivity index (χ3n) is 4.22. The molecule has 0 saturated carbocycles. The lowest BCUT2D eigenvalue weighted by molar-refractivity contribution is 0.221. The van der Waals surface area contributed by atoms with Gasteiger partial charge < -0.3 is 5.11 Å². The Morgan fingerprint density at radius 1 is 0.963 bits per heavy atom. The van der Waals surface area contributed by atoms with E-state index in [-0.39, 0.29) is 0 Å². The summed E-state index contributed by atoms with van der Waals surface area (Å²) in [5.74, 6) is 0. The molecule has 0 radical (unpaired) electrons. The lowest BCUT2D eigenvalue weighted by Crippen LogP contribution is -2.02. The van der Waals surface area contributed by atoms with Crippen LogP contribution in [0.25, 0.3) is 21.7 Å².